The van der Waals surface area contributed by atoms with Gasteiger partial charge in [-0.15, -0.1) is 11.3 Å². The van der Waals surface area contributed by atoms with Gasteiger partial charge in [0.1, 0.15) is 0 Å². The van der Waals surface area contributed by atoms with Crippen molar-refractivity contribution in [2.24, 2.45) is 0 Å². The third-order valence-corrected chi connectivity index (χ3v) is 6.68. The molecule has 2 rings (SSSR count). The number of thiophene rings is 1. The van der Waals surface area contributed by atoms with Crippen molar-refractivity contribution in [1.29, 1.82) is 0 Å². The molecule has 8 heteroatoms. The van der Waals surface area contributed by atoms with E-state index >= 15 is 0 Å². The molecule has 0 unspecified atom stereocenters. The number of hydrogen-bond acceptors (Lipinski definition) is 4. The number of hydrogen-bond donors (Lipinski definition) is 1. The summed E-state index contributed by atoms with van der Waals surface area (Å²) in [6.07, 6.45) is 0.587. The molecule has 1 N–H and O–H groups in total. The highest BCUT2D eigenvalue weighted by atomic mass is 35.5. The SMILES string of the molecule is CCN(CCc1cscc1NS(=O)(=O)c1cccc(Cl)c1C)C(C)=O. The minimum atomic E-state index is -3.73. The topological polar surface area (TPSA) is 66.5 Å². The van der Waals surface area contributed by atoms with E-state index in [0.29, 0.717) is 35.8 Å². The molecular weight excluding hydrogens is 380 g/mol. The molecule has 0 bridgehead atoms. The van der Waals surface area contributed by atoms with Crippen molar-refractivity contribution in [3.63, 3.8) is 0 Å². The van der Waals surface area contributed by atoms with E-state index in [4.69, 9.17) is 11.6 Å². The molecule has 1 amide bonds. The van der Waals surface area contributed by atoms with Crippen LogP contribution in [0.5, 0.6) is 0 Å². The zero-order valence-electron chi connectivity index (χ0n) is 14.4. The number of benzene rings is 1. The fourth-order valence-corrected chi connectivity index (χ4v) is 4.97. The van der Waals surface area contributed by atoms with Crippen molar-refractivity contribution in [1.82, 2.24) is 4.90 Å². The van der Waals surface area contributed by atoms with Crippen LogP contribution in [-0.2, 0) is 21.2 Å². The number of carbonyl (C=O) groups excluding carboxylic acids is 1. The van der Waals surface area contributed by atoms with Crippen molar-refractivity contribution < 1.29 is 13.2 Å². The van der Waals surface area contributed by atoms with Gasteiger partial charge in [0.05, 0.1) is 10.6 Å². The summed E-state index contributed by atoms with van der Waals surface area (Å²) in [6.45, 7) is 6.30. The van der Waals surface area contributed by atoms with E-state index in [2.05, 4.69) is 4.72 Å². The van der Waals surface area contributed by atoms with Gasteiger partial charge in [0, 0.05) is 30.4 Å². The molecular formula is C17H21ClN2O3S2. The first kappa shape index (κ1) is 19.8. The lowest BCUT2D eigenvalue weighted by atomic mass is 10.2. The Hall–Kier alpha value is -1.57. The highest BCUT2D eigenvalue weighted by Gasteiger charge is 2.20. The molecule has 0 atom stereocenters. The summed E-state index contributed by atoms with van der Waals surface area (Å²) in [6, 6.07) is 4.81. The molecule has 5 nitrogen and oxygen atoms in total. The van der Waals surface area contributed by atoms with Gasteiger partial charge in [0.15, 0.2) is 0 Å². The zero-order valence-corrected chi connectivity index (χ0v) is 16.8. The third-order valence-electron chi connectivity index (χ3n) is 3.97. The summed E-state index contributed by atoms with van der Waals surface area (Å²) in [5.74, 6) is 0.00872. The molecule has 2 aromatic rings. The first-order valence-corrected chi connectivity index (χ1v) is 10.6. The Morgan fingerprint density at radius 3 is 2.68 bits per heavy atom. The fourth-order valence-electron chi connectivity index (χ4n) is 2.48. The predicted molar refractivity (Wildman–Crippen MR) is 103 cm³/mol. The second kappa shape index (κ2) is 8.21. The molecule has 0 aliphatic carbocycles. The number of nitrogens with one attached hydrogen (secondary N) is 1. The molecule has 0 saturated heterocycles. The lowest BCUT2D eigenvalue weighted by molar-refractivity contribution is -0.128. The first-order valence-electron chi connectivity index (χ1n) is 7.84. The number of carbonyl (C=O) groups is 1. The molecule has 0 spiro atoms. The molecule has 0 fully saturated rings. The summed E-state index contributed by atoms with van der Waals surface area (Å²) >= 11 is 7.46. The molecule has 136 valence electrons. The van der Waals surface area contributed by atoms with E-state index in [0.717, 1.165) is 5.56 Å². The molecule has 0 aliphatic rings. The Balaban J connectivity index is 2.20. The van der Waals surface area contributed by atoms with Gasteiger partial charge in [0.25, 0.3) is 10.0 Å². The molecule has 0 radical (unpaired) electrons. The lowest BCUT2D eigenvalue weighted by Crippen LogP contribution is -2.30. The minimum absolute atomic E-state index is 0.00872. The number of likely N-dealkylation sites (N-methyl/N-ethyl adjacent to an activating group) is 1. The molecule has 1 aromatic heterocycles. The van der Waals surface area contributed by atoms with E-state index in [1.54, 1.807) is 29.3 Å². The first-order chi connectivity index (χ1) is 11.8. The van der Waals surface area contributed by atoms with E-state index in [1.807, 2.05) is 12.3 Å². The highest BCUT2D eigenvalue weighted by Crippen LogP contribution is 2.28. The van der Waals surface area contributed by atoms with Crippen molar-refractivity contribution in [2.75, 3.05) is 17.8 Å². The number of amides is 1. The van der Waals surface area contributed by atoms with E-state index < -0.39 is 10.0 Å². The summed E-state index contributed by atoms with van der Waals surface area (Å²) in [5.41, 5.74) is 1.93. The third kappa shape index (κ3) is 4.74. The molecule has 0 saturated carbocycles. The van der Waals surface area contributed by atoms with Gasteiger partial charge in [-0.05, 0) is 48.9 Å². The Morgan fingerprint density at radius 2 is 2.04 bits per heavy atom. The van der Waals surface area contributed by atoms with Crippen LogP contribution in [0, 0.1) is 6.92 Å². The second-order valence-electron chi connectivity index (χ2n) is 5.63. The van der Waals surface area contributed by atoms with E-state index in [9.17, 15) is 13.2 Å². The monoisotopic (exact) mass is 400 g/mol. The smallest absolute Gasteiger partial charge is 0.262 e. The summed E-state index contributed by atoms with van der Waals surface area (Å²) < 4.78 is 28.0. The number of halogens is 1. The number of anilines is 1. The van der Waals surface area contributed by atoms with Gasteiger partial charge in [-0.1, -0.05) is 17.7 Å². The second-order valence-corrected chi connectivity index (χ2v) is 8.43. The van der Waals surface area contributed by atoms with Crippen molar-refractivity contribution >= 4 is 44.6 Å². The predicted octanol–water partition coefficient (Wildman–Crippen LogP) is 3.92. The Kier molecular flexibility index (Phi) is 6.48. The van der Waals surface area contributed by atoms with Crippen molar-refractivity contribution in [3.8, 4) is 0 Å². The van der Waals surface area contributed by atoms with Crippen LogP contribution in [0.4, 0.5) is 5.69 Å². The Labute approximate surface area is 157 Å². The standard InChI is InChI=1S/C17H21ClN2O3S2/c1-4-20(13(3)21)9-8-14-10-24-11-16(14)19-25(22,23)17-7-5-6-15(18)12(17)2/h5-7,10-11,19H,4,8-9H2,1-3H3. The van der Waals surface area contributed by atoms with Crippen LogP contribution in [-0.4, -0.2) is 32.3 Å². The van der Waals surface area contributed by atoms with Crippen LogP contribution in [0.15, 0.2) is 33.9 Å². The maximum absolute atomic E-state index is 12.7. The van der Waals surface area contributed by atoms with Crippen LogP contribution in [0.1, 0.15) is 25.0 Å². The van der Waals surface area contributed by atoms with Gasteiger partial charge in [-0.2, -0.15) is 0 Å². The van der Waals surface area contributed by atoms with Crippen LogP contribution in [0.25, 0.3) is 0 Å². The highest BCUT2D eigenvalue weighted by molar-refractivity contribution is 7.92. The average Bonchev–Trinajstić information content (AvgIpc) is 2.96. The van der Waals surface area contributed by atoms with Crippen LogP contribution < -0.4 is 4.72 Å². The molecule has 1 heterocycles. The Bertz CT molecular complexity index is 863. The zero-order chi connectivity index (χ0) is 18.6. The van der Waals surface area contributed by atoms with Gasteiger partial charge < -0.3 is 4.90 Å². The summed E-state index contributed by atoms with van der Waals surface area (Å²) in [5, 5.41) is 4.07. The van der Waals surface area contributed by atoms with Crippen molar-refractivity contribution in [2.45, 2.75) is 32.1 Å². The number of rotatable bonds is 7. The van der Waals surface area contributed by atoms with Gasteiger partial charge in [0.2, 0.25) is 5.91 Å². The van der Waals surface area contributed by atoms with E-state index in [-0.39, 0.29) is 10.8 Å². The fraction of sp³-hybridized carbons (Fsp3) is 0.353. The Morgan fingerprint density at radius 1 is 1.32 bits per heavy atom. The van der Waals surface area contributed by atoms with Crippen LogP contribution in [0.2, 0.25) is 5.02 Å². The lowest BCUT2D eigenvalue weighted by Gasteiger charge is -2.19. The molecule has 0 aliphatic heterocycles. The molecule has 1 aromatic carbocycles. The quantitative estimate of drug-likeness (QED) is 0.765. The number of sulfonamides is 1. The minimum Gasteiger partial charge on any atom is -0.343 e. The molecule has 25 heavy (non-hydrogen) atoms. The largest absolute Gasteiger partial charge is 0.343 e. The maximum atomic E-state index is 12.7. The number of nitrogens with zero attached hydrogens (tertiary/aromatic N) is 1. The average molecular weight is 401 g/mol. The normalized spacial score (nSPS) is 11.4. The van der Waals surface area contributed by atoms with Gasteiger partial charge in [-0.25, -0.2) is 8.42 Å². The summed E-state index contributed by atoms with van der Waals surface area (Å²) in [4.78, 5) is 13.4. The van der Waals surface area contributed by atoms with Gasteiger partial charge >= 0.3 is 0 Å². The van der Waals surface area contributed by atoms with Crippen LogP contribution in [0.3, 0.4) is 0 Å². The van der Waals surface area contributed by atoms with Gasteiger partial charge in [-0.3, -0.25) is 9.52 Å². The summed E-state index contributed by atoms with van der Waals surface area (Å²) in [7, 11) is -3.73. The van der Waals surface area contributed by atoms with Crippen molar-refractivity contribution in [3.05, 3.63) is 45.1 Å². The maximum Gasteiger partial charge on any atom is 0.262 e. The van der Waals surface area contributed by atoms with E-state index in [1.165, 1.54) is 24.3 Å². The van der Waals surface area contributed by atoms with Crippen LogP contribution >= 0.6 is 22.9 Å².